The summed E-state index contributed by atoms with van der Waals surface area (Å²) in [5, 5.41) is 4.48. The van der Waals surface area contributed by atoms with E-state index in [0.717, 1.165) is 27.8 Å². The van der Waals surface area contributed by atoms with Crippen LogP contribution in [-0.4, -0.2) is 35.9 Å². The summed E-state index contributed by atoms with van der Waals surface area (Å²) in [6, 6.07) is 14.0. The van der Waals surface area contributed by atoms with E-state index in [-0.39, 0.29) is 6.54 Å². The number of alkyl halides is 3. The standard InChI is InChI=1S/C20H20F3N3O3S/c1-14-17(15(2)26(24-14)16-9-5-4-6-10-16)13-25(3)30(27,28)19-12-8-7-11-18(19)29-20(21,22)23/h4-12H,13H2,1-3H3. The van der Waals surface area contributed by atoms with Crippen molar-refractivity contribution < 1.29 is 26.3 Å². The van der Waals surface area contributed by atoms with Gasteiger partial charge in [0.15, 0.2) is 0 Å². The number of aryl methyl sites for hydroxylation is 1. The van der Waals surface area contributed by atoms with Crippen molar-refractivity contribution in [2.45, 2.75) is 31.7 Å². The van der Waals surface area contributed by atoms with E-state index in [4.69, 9.17) is 0 Å². The molecule has 1 heterocycles. The van der Waals surface area contributed by atoms with Crippen LogP contribution in [0.25, 0.3) is 5.69 Å². The molecule has 3 rings (SSSR count). The number of para-hydroxylation sites is 2. The molecular weight excluding hydrogens is 419 g/mol. The van der Waals surface area contributed by atoms with Gasteiger partial charge in [-0.15, -0.1) is 13.2 Å². The highest BCUT2D eigenvalue weighted by Gasteiger charge is 2.35. The van der Waals surface area contributed by atoms with Crippen LogP contribution in [0.1, 0.15) is 17.0 Å². The van der Waals surface area contributed by atoms with E-state index in [2.05, 4.69) is 9.84 Å². The molecule has 0 N–H and O–H groups in total. The quantitative estimate of drug-likeness (QED) is 0.577. The molecule has 0 saturated heterocycles. The van der Waals surface area contributed by atoms with Gasteiger partial charge in [0.1, 0.15) is 10.6 Å². The minimum absolute atomic E-state index is 0.0623. The van der Waals surface area contributed by atoms with Crippen molar-refractivity contribution in [3.05, 3.63) is 71.5 Å². The number of halogens is 3. The molecule has 0 fully saturated rings. The zero-order valence-corrected chi connectivity index (χ0v) is 17.3. The third-order valence-corrected chi connectivity index (χ3v) is 6.43. The minimum Gasteiger partial charge on any atom is -0.404 e. The maximum Gasteiger partial charge on any atom is 0.573 e. The molecule has 0 aliphatic carbocycles. The van der Waals surface area contributed by atoms with Gasteiger partial charge in [0.25, 0.3) is 0 Å². The predicted octanol–water partition coefficient (Wildman–Crippen LogP) is 4.21. The smallest absolute Gasteiger partial charge is 0.404 e. The van der Waals surface area contributed by atoms with Crippen LogP contribution in [-0.2, 0) is 16.6 Å². The number of nitrogens with zero attached hydrogens (tertiary/aromatic N) is 3. The van der Waals surface area contributed by atoms with Crippen molar-refractivity contribution in [1.29, 1.82) is 0 Å². The largest absolute Gasteiger partial charge is 0.573 e. The Bertz CT molecular complexity index is 1140. The molecule has 0 spiro atoms. The van der Waals surface area contributed by atoms with Crippen LogP contribution in [0.4, 0.5) is 13.2 Å². The third-order valence-electron chi connectivity index (χ3n) is 4.59. The summed E-state index contributed by atoms with van der Waals surface area (Å²) < 4.78 is 70.6. The Balaban J connectivity index is 1.94. The third kappa shape index (κ3) is 4.49. The number of aromatic nitrogens is 2. The molecule has 0 aliphatic rings. The predicted molar refractivity (Wildman–Crippen MR) is 105 cm³/mol. The highest BCUT2D eigenvalue weighted by atomic mass is 32.2. The lowest BCUT2D eigenvalue weighted by Crippen LogP contribution is -2.28. The number of hydrogen-bond acceptors (Lipinski definition) is 4. The molecule has 0 aliphatic heterocycles. The SMILES string of the molecule is Cc1nn(-c2ccccc2)c(C)c1CN(C)S(=O)(=O)c1ccccc1OC(F)(F)F. The number of rotatable bonds is 6. The van der Waals surface area contributed by atoms with Gasteiger partial charge in [-0.25, -0.2) is 13.1 Å². The zero-order valence-electron chi connectivity index (χ0n) is 16.5. The van der Waals surface area contributed by atoms with E-state index in [1.54, 1.807) is 11.6 Å². The molecule has 0 bridgehead atoms. The maximum atomic E-state index is 13.0. The Hall–Kier alpha value is -2.85. The van der Waals surface area contributed by atoms with Crippen molar-refractivity contribution in [1.82, 2.24) is 14.1 Å². The molecule has 2 aromatic carbocycles. The number of hydrogen-bond donors (Lipinski definition) is 0. The average molecular weight is 439 g/mol. The van der Waals surface area contributed by atoms with Crippen LogP contribution in [0.3, 0.4) is 0 Å². The van der Waals surface area contributed by atoms with E-state index >= 15 is 0 Å². The molecule has 10 heteroatoms. The minimum atomic E-state index is -5.01. The van der Waals surface area contributed by atoms with Crippen molar-refractivity contribution in [3.8, 4) is 11.4 Å². The van der Waals surface area contributed by atoms with Gasteiger partial charge in [0.05, 0.1) is 11.4 Å². The van der Waals surface area contributed by atoms with E-state index in [1.165, 1.54) is 19.2 Å². The monoisotopic (exact) mass is 439 g/mol. The Kier molecular flexibility index (Phi) is 5.91. The van der Waals surface area contributed by atoms with Crippen molar-refractivity contribution >= 4 is 10.0 Å². The first-order valence-corrected chi connectivity index (χ1v) is 10.4. The molecule has 0 amide bonds. The molecule has 30 heavy (non-hydrogen) atoms. The second-order valence-corrected chi connectivity index (χ2v) is 8.67. The fraction of sp³-hybridized carbons (Fsp3) is 0.250. The number of benzene rings is 2. The summed E-state index contributed by atoms with van der Waals surface area (Å²) in [4.78, 5) is -0.560. The van der Waals surface area contributed by atoms with Crippen LogP contribution in [0.5, 0.6) is 5.75 Å². The summed E-state index contributed by atoms with van der Waals surface area (Å²) in [5.41, 5.74) is 2.84. The fourth-order valence-corrected chi connectivity index (χ4v) is 4.32. The first kappa shape index (κ1) is 21.8. The van der Waals surface area contributed by atoms with Crippen LogP contribution >= 0.6 is 0 Å². The Labute approximate surface area is 172 Å². The second-order valence-electron chi connectivity index (χ2n) is 6.65. The second kappa shape index (κ2) is 8.11. The highest BCUT2D eigenvalue weighted by Crippen LogP contribution is 2.32. The van der Waals surface area contributed by atoms with E-state index in [0.29, 0.717) is 11.3 Å². The van der Waals surface area contributed by atoms with Crippen LogP contribution in [0.2, 0.25) is 0 Å². The molecule has 3 aromatic rings. The number of ether oxygens (including phenoxy) is 1. The summed E-state index contributed by atoms with van der Waals surface area (Å²) in [7, 11) is -2.95. The Morgan fingerprint density at radius 2 is 1.63 bits per heavy atom. The van der Waals surface area contributed by atoms with Gasteiger partial charge in [0.2, 0.25) is 10.0 Å². The topological polar surface area (TPSA) is 64.4 Å². The van der Waals surface area contributed by atoms with Crippen LogP contribution in [0.15, 0.2) is 59.5 Å². The van der Waals surface area contributed by atoms with Gasteiger partial charge in [-0.1, -0.05) is 30.3 Å². The summed E-state index contributed by atoms with van der Waals surface area (Å²) in [6.07, 6.45) is -5.01. The lowest BCUT2D eigenvalue weighted by Gasteiger charge is -2.20. The highest BCUT2D eigenvalue weighted by molar-refractivity contribution is 7.89. The van der Waals surface area contributed by atoms with Crippen LogP contribution in [0, 0.1) is 13.8 Å². The molecular formula is C20H20F3N3O3S. The van der Waals surface area contributed by atoms with Gasteiger partial charge < -0.3 is 4.74 Å². The van der Waals surface area contributed by atoms with Gasteiger partial charge >= 0.3 is 6.36 Å². The zero-order chi connectivity index (χ0) is 22.1. The average Bonchev–Trinajstić information content (AvgIpc) is 2.96. The molecule has 1 aromatic heterocycles. The first-order chi connectivity index (χ1) is 14.0. The fourth-order valence-electron chi connectivity index (χ4n) is 3.07. The van der Waals surface area contributed by atoms with Crippen molar-refractivity contribution in [2.75, 3.05) is 7.05 Å². The molecule has 0 unspecified atom stereocenters. The van der Waals surface area contributed by atoms with E-state index in [9.17, 15) is 21.6 Å². The molecule has 0 saturated carbocycles. The summed E-state index contributed by atoms with van der Waals surface area (Å²) in [6.45, 7) is 3.50. The van der Waals surface area contributed by atoms with Crippen molar-refractivity contribution in [3.63, 3.8) is 0 Å². The lowest BCUT2D eigenvalue weighted by molar-refractivity contribution is -0.275. The Morgan fingerprint density at radius 3 is 2.27 bits per heavy atom. The van der Waals surface area contributed by atoms with Gasteiger partial charge in [0, 0.05) is 24.8 Å². The van der Waals surface area contributed by atoms with Gasteiger partial charge in [-0.2, -0.15) is 9.40 Å². The van der Waals surface area contributed by atoms with E-state index in [1.807, 2.05) is 37.3 Å². The van der Waals surface area contributed by atoms with Gasteiger partial charge in [-0.05, 0) is 38.1 Å². The summed E-state index contributed by atoms with van der Waals surface area (Å²) in [5.74, 6) is -0.773. The molecule has 160 valence electrons. The van der Waals surface area contributed by atoms with Crippen LogP contribution < -0.4 is 4.74 Å². The number of sulfonamides is 1. The van der Waals surface area contributed by atoms with Crippen molar-refractivity contribution in [2.24, 2.45) is 0 Å². The normalized spacial score (nSPS) is 12.4. The first-order valence-electron chi connectivity index (χ1n) is 8.92. The Morgan fingerprint density at radius 1 is 1.03 bits per heavy atom. The molecule has 6 nitrogen and oxygen atoms in total. The molecule has 0 radical (unpaired) electrons. The maximum absolute atomic E-state index is 13.0. The lowest BCUT2D eigenvalue weighted by atomic mass is 10.2. The molecule has 0 atom stereocenters. The summed E-state index contributed by atoms with van der Waals surface area (Å²) >= 11 is 0. The van der Waals surface area contributed by atoms with Gasteiger partial charge in [-0.3, -0.25) is 0 Å². The van der Waals surface area contributed by atoms with E-state index < -0.39 is 27.0 Å².